The van der Waals surface area contributed by atoms with Crippen LogP contribution >= 0.6 is 0 Å². The Morgan fingerprint density at radius 1 is 1.47 bits per heavy atom. The molecule has 0 saturated carbocycles. The monoisotopic (exact) mass is 237 g/mol. The van der Waals surface area contributed by atoms with Crippen LogP contribution in [0, 0.1) is 12.7 Å². The number of halogens is 1. The highest BCUT2D eigenvalue weighted by molar-refractivity contribution is 5.25. The first kappa shape index (κ1) is 12.5. The van der Waals surface area contributed by atoms with Crippen LogP contribution in [0.1, 0.15) is 37.4 Å². The molecule has 0 aliphatic carbocycles. The molecular formula is C14H20FNO. The first-order valence-corrected chi connectivity index (χ1v) is 6.21. The average Bonchev–Trinajstić information content (AvgIpc) is 2.68. The Labute approximate surface area is 102 Å². The van der Waals surface area contributed by atoms with Crippen LogP contribution in [0.5, 0.6) is 0 Å². The Bertz CT molecular complexity index is 394. The Morgan fingerprint density at radius 3 is 2.82 bits per heavy atom. The lowest BCUT2D eigenvalue weighted by molar-refractivity contribution is 0.111. The molecule has 1 fully saturated rings. The second-order valence-electron chi connectivity index (χ2n) is 4.87. The van der Waals surface area contributed by atoms with Crippen LogP contribution in [0.2, 0.25) is 0 Å². The lowest BCUT2D eigenvalue weighted by atomic mass is 10.0. The minimum Gasteiger partial charge on any atom is -0.377 e. The number of hydrogen-bond acceptors (Lipinski definition) is 2. The van der Waals surface area contributed by atoms with Gasteiger partial charge < -0.3 is 10.1 Å². The summed E-state index contributed by atoms with van der Waals surface area (Å²) in [5.41, 5.74) is 1.69. The van der Waals surface area contributed by atoms with Crippen LogP contribution < -0.4 is 5.32 Å². The van der Waals surface area contributed by atoms with E-state index < -0.39 is 0 Å². The average molecular weight is 237 g/mol. The fourth-order valence-electron chi connectivity index (χ4n) is 2.25. The molecule has 3 heteroatoms. The molecule has 1 saturated heterocycles. The normalized spacial score (nSPS) is 26.1. The minimum atomic E-state index is -0.133. The molecule has 3 unspecified atom stereocenters. The van der Waals surface area contributed by atoms with Crippen molar-refractivity contribution in [3.05, 3.63) is 35.1 Å². The summed E-state index contributed by atoms with van der Waals surface area (Å²) < 4.78 is 19.0. The smallest absolute Gasteiger partial charge is 0.126 e. The first-order chi connectivity index (χ1) is 8.08. The molecule has 1 aromatic carbocycles. The van der Waals surface area contributed by atoms with E-state index >= 15 is 0 Å². The van der Waals surface area contributed by atoms with Crippen molar-refractivity contribution >= 4 is 0 Å². The van der Waals surface area contributed by atoms with Gasteiger partial charge in [0.2, 0.25) is 0 Å². The summed E-state index contributed by atoms with van der Waals surface area (Å²) in [7, 11) is 0. The molecule has 0 radical (unpaired) electrons. The van der Waals surface area contributed by atoms with Gasteiger partial charge in [-0.3, -0.25) is 0 Å². The topological polar surface area (TPSA) is 21.3 Å². The Kier molecular flexibility index (Phi) is 3.79. The zero-order valence-corrected chi connectivity index (χ0v) is 10.7. The molecule has 17 heavy (non-hydrogen) atoms. The molecule has 1 aromatic rings. The second kappa shape index (κ2) is 5.15. The Balaban J connectivity index is 2.03. The highest BCUT2D eigenvalue weighted by Crippen LogP contribution is 2.20. The van der Waals surface area contributed by atoms with Gasteiger partial charge in [0, 0.05) is 18.7 Å². The number of benzene rings is 1. The third kappa shape index (κ3) is 2.85. The molecule has 0 bridgehead atoms. The Morgan fingerprint density at radius 2 is 2.24 bits per heavy atom. The maximum absolute atomic E-state index is 13.5. The van der Waals surface area contributed by atoms with Crippen molar-refractivity contribution in [3.8, 4) is 0 Å². The van der Waals surface area contributed by atoms with Gasteiger partial charge in [0.1, 0.15) is 5.82 Å². The molecule has 0 spiro atoms. The summed E-state index contributed by atoms with van der Waals surface area (Å²) in [4.78, 5) is 0. The standard InChI is InChI=1S/C14H20FNO/c1-9-4-5-12(8-13(9)15)10(2)16-14-6-7-17-11(14)3/h4-5,8,10-11,14,16H,6-7H2,1-3H3. The van der Waals surface area contributed by atoms with Gasteiger partial charge in [-0.15, -0.1) is 0 Å². The van der Waals surface area contributed by atoms with E-state index in [2.05, 4.69) is 19.2 Å². The molecule has 1 N–H and O–H groups in total. The van der Waals surface area contributed by atoms with E-state index in [-0.39, 0.29) is 18.0 Å². The van der Waals surface area contributed by atoms with E-state index in [4.69, 9.17) is 4.74 Å². The quantitative estimate of drug-likeness (QED) is 0.872. The van der Waals surface area contributed by atoms with Crippen molar-refractivity contribution in [1.29, 1.82) is 0 Å². The van der Waals surface area contributed by atoms with Gasteiger partial charge in [0.15, 0.2) is 0 Å². The molecule has 1 aliphatic rings. The van der Waals surface area contributed by atoms with Gasteiger partial charge >= 0.3 is 0 Å². The van der Waals surface area contributed by atoms with E-state index in [1.807, 2.05) is 12.1 Å². The van der Waals surface area contributed by atoms with Gasteiger partial charge in [-0.05, 0) is 44.4 Å². The number of ether oxygens (including phenoxy) is 1. The molecule has 0 aromatic heterocycles. The summed E-state index contributed by atoms with van der Waals surface area (Å²) in [5.74, 6) is -0.133. The van der Waals surface area contributed by atoms with Crippen LogP contribution in [0.25, 0.3) is 0 Å². The maximum Gasteiger partial charge on any atom is 0.126 e. The highest BCUT2D eigenvalue weighted by atomic mass is 19.1. The molecule has 0 amide bonds. The van der Waals surface area contributed by atoms with Gasteiger partial charge in [0.25, 0.3) is 0 Å². The van der Waals surface area contributed by atoms with Crippen molar-refractivity contribution in [2.75, 3.05) is 6.61 Å². The fraction of sp³-hybridized carbons (Fsp3) is 0.571. The Hall–Kier alpha value is -0.930. The van der Waals surface area contributed by atoms with Gasteiger partial charge in [0.05, 0.1) is 6.10 Å². The second-order valence-corrected chi connectivity index (χ2v) is 4.87. The van der Waals surface area contributed by atoms with Gasteiger partial charge in [-0.1, -0.05) is 12.1 Å². The summed E-state index contributed by atoms with van der Waals surface area (Å²) in [5, 5.41) is 3.50. The number of rotatable bonds is 3. The first-order valence-electron chi connectivity index (χ1n) is 6.21. The lowest BCUT2D eigenvalue weighted by Crippen LogP contribution is -2.36. The summed E-state index contributed by atoms with van der Waals surface area (Å²) in [6.45, 7) is 6.74. The number of hydrogen-bond donors (Lipinski definition) is 1. The molecule has 3 atom stereocenters. The summed E-state index contributed by atoms with van der Waals surface area (Å²) in [6.07, 6.45) is 1.27. The third-order valence-corrected chi connectivity index (χ3v) is 3.54. The summed E-state index contributed by atoms with van der Waals surface area (Å²) >= 11 is 0. The van der Waals surface area contributed by atoms with Crippen LogP contribution in [0.4, 0.5) is 4.39 Å². The SMILES string of the molecule is Cc1ccc(C(C)NC2CCOC2C)cc1F. The van der Waals surface area contributed by atoms with E-state index in [1.165, 1.54) is 0 Å². The number of nitrogens with one attached hydrogen (secondary N) is 1. The van der Waals surface area contributed by atoms with Crippen molar-refractivity contribution in [1.82, 2.24) is 5.32 Å². The van der Waals surface area contributed by atoms with Crippen molar-refractivity contribution in [2.45, 2.75) is 45.4 Å². The zero-order chi connectivity index (χ0) is 12.4. The van der Waals surface area contributed by atoms with Crippen molar-refractivity contribution in [2.24, 2.45) is 0 Å². The van der Waals surface area contributed by atoms with E-state index in [0.29, 0.717) is 11.6 Å². The molecule has 2 nitrogen and oxygen atoms in total. The predicted molar refractivity (Wildman–Crippen MR) is 66.5 cm³/mol. The molecule has 94 valence electrons. The molecular weight excluding hydrogens is 217 g/mol. The van der Waals surface area contributed by atoms with E-state index in [9.17, 15) is 4.39 Å². The zero-order valence-electron chi connectivity index (χ0n) is 10.7. The largest absolute Gasteiger partial charge is 0.377 e. The van der Waals surface area contributed by atoms with E-state index in [0.717, 1.165) is 18.6 Å². The molecule has 2 rings (SSSR count). The number of aryl methyl sites for hydroxylation is 1. The summed E-state index contributed by atoms with van der Waals surface area (Å²) in [6, 6.07) is 5.95. The van der Waals surface area contributed by atoms with Crippen LogP contribution in [-0.4, -0.2) is 18.8 Å². The van der Waals surface area contributed by atoms with Crippen LogP contribution in [0.3, 0.4) is 0 Å². The minimum absolute atomic E-state index is 0.133. The molecule has 1 aliphatic heterocycles. The van der Waals surface area contributed by atoms with Crippen LogP contribution in [-0.2, 0) is 4.74 Å². The lowest BCUT2D eigenvalue weighted by Gasteiger charge is -2.22. The van der Waals surface area contributed by atoms with Gasteiger partial charge in [-0.2, -0.15) is 0 Å². The predicted octanol–water partition coefficient (Wildman–Crippen LogP) is 2.96. The van der Waals surface area contributed by atoms with Crippen LogP contribution in [0.15, 0.2) is 18.2 Å². The van der Waals surface area contributed by atoms with Crippen molar-refractivity contribution in [3.63, 3.8) is 0 Å². The third-order valence-electron chi connectivity index (χ3n) is 3.54. The van der Waals surface area contributed by atoms with Gasteiger partial charge in [-0.25, -0.2) is 4.39 Å². The molecule has 1 heterocycles. The fourth-order valence-corrected chi connectivity index (χ4v) is 2.25. The highest BCUT2D eigenvalue weighted by Gasteiger charge is 2.25. The van der Waals surface area contributed by atoms with Crippen molar-refractivity contribution < 1.29 is 9.13 Å². The van der Waals surface area contributed by atoms with E-state index in [1.54, 1.807) is 13.0 Å². The maximum atomic E-state index is 13.5.